The number of nitrogens with one attached hydrogen (secondary N) is 2. The second kappa shape index (κ2) is 20.2. The molecule has 3 fully saturated rings. The van der Waals surface area contributed by atoms with Crippen molar-refractivity contribution < 1.29 is 39.6 Å². The lowest BCUT2D eigenvalue weighted by atomic mass is 9.91. The molecule has 0 aliphatic carbocycles. The number of fused-ring (bicyclic) bond motifs is 1. The van der Waals surface area contributed by atoms with Crippen LogP contribution in [0, 0.1) is 0 Å². The van der Waals surface area contributed by atoms with Gasteiger partial charge in [-0.05, 0) is 74.7 Å². The maximum atomic E-state index is 14.1. The number of methoxy groups -OCH3 is 1. The summed E-state index contributed by atoms with van der Waals surface area (Å²) < 4.78 is 21.5. The highest BCUT2D eigenvalue weighted by molar-refractivity contribution is 6.23. The van der Waals surface area contributed by atoms with Crippen LogP contribution in [-0.4, -0.2) is 147 Å². The molecule has 0 radical (unpaired) electrons. The minimum Gasteiger partial charge on any atom is -0.497 e. The lowest BCUT2D eigenvalue weighted by Gasteiger charge is -2.36. The van der Waals surface area contributed by atoms with Crippen LogP contribution in [0.2, 0.25) is 0 Å². The number of hydrogen-bond donors (Lipinski definition) is 3. The largest absolute Gasteiger partial charge is 0.497 e. The van der Waals surface area contributed by atoms with Gasteiger partial charge in [0.2, 0.25) is 17.7 Å². The van der Waals surface area contributed by atoms with Crippen LogP contribution < -0.4 is 25.8 Å². The highest BCUT2D eigenvalue weighted by Crippen LogP contribution is 2.35. The van der Waals surface area contributed by atoms with Gasteiger partial charge in [-0.2, -0.15) is 5.10 Å². The standard InChI is InChI=1S/C49H53N11O8/c1-67-35-10-5-9-33(25-35)53-47(64)43(31-7-3-2-4-8-31)45-44(51-28-40(50)54-45)32-27-52-59(29-32)34-15-19-56(20-16-34)17-6-18-57-21-23-58(24-22-57)42(62)30-68-36-11-12-37-38(26-36)49(66)60(48(37)65)39-13-14-41(61)55-46(39)63/h2-5,7-12,25-29,34,39,43H,6,13-24,30H2,1H3,(H2,50,54)(H,53,64)(H,55,61,63)/t39?,43-/m1/s1/i28D. The van der Waals surface area contributed by atoms with E-state index in [2.05, 4.69) is 30.4 Å². The van der Waals surface area contributed by atoms with Crippen molar-refractivity contribution in [1.82, 2.24) is 44.7 Å². The van der Waals surface area contributed by atoms with Gasteiger partial charge >= 0.3 is 0 Å². The summed E-state index contributed by atoms with van der Waals surface area (Å²) in [6, 6.07) is 19.9. The summed E-state index contributed by atoms with van der Waals surface area (Å²) in [6.07, 6.45) is 6.30. The van der Waals surface area contributed by atoms with Gasteiger partial charge in [-0.1, -0.05) is 36.4 Å². The molecule has 0 bridgehead atoms. The van der Waals surface area contributed by atoms with E-state index in [0.717, 1.165) is 63.4 Å². The first-order valence-electron chi connectivity index (χ1n) is 23.3. The molecule has 6 heterocycles. The number of aromatic nitrogens is 4. The van der Waals surface area contributed by atoms with Crippen molar-refractivity contribution in [3.63, 3.8) is 0 Å². The molecule has 0 spiro atoms. The van der Waals surface area contributed by atoms with E-state index in [0.29, 0.717) is 47.0 Å². The number of nitrogen functional groups attached to an aromatic ring is 1. The molecule has 6 amide bonds. The van der Waals surface area contributed by atoms with Gasteiger partial charge in [-0.3, -0.25) is 53.5 Å². The molecule has 4 aliphatic rings. The molecule has 0 saturated carbocycles. The molecule has 19 nitrogen and oxygen atoms in total. The monoisotopic (exact) mass is 924 g/mol. The SMILES string of the molecule is [2H]c1nc(-c2cnn(C3CCN(CCCN4CCN(C(=O)COc5ccc6c(c5)C(=O)N(C5CCC(=O)NC5=O)C6=O)CC4)CC3)c2)c([C@H](C(=O)Nc2cccc(OC)c2)c2ccccc2)nc1N. The number of nitrogens with two attached hydrogens (primary N) is 1. The molecule has 4 aliphatic heterocycles. The van der Waals surface area contributed by atoms with Crippen molar-refractivity contribution in [1.29, 1.82) is 0 Å². The van der Waals surface area contributed by atoms with Crippen LogP contribution in [0.25, 0.3) is 11.3 Å². The van der Waals surface area contributed by atoms with Gasteiger partial charge in [-0.25, -0.2) is 4.98 Å². The Morgan fingerprint density at radius 2 is 1.63 bits per heavy atom. The predicted molar refractivity (Wildman–Crippen MR) is 249 cm³/mol. The number of piperazine rings is 1. The fourth-order valence-electron chi connectivity index (χ4n) is 9.37. The zero-order chi connectivity index (χ0) is 48.2. The number of rotatable bonds is 15. The summed E-state index contributed by atoms with van der Waals surface area (Å²) in [7, 11) is 1.56. The van der Waals surface area contributed by atoms with Crippen LogP contribution in [-0.2, 0) is 19.2 Å². The minimum atomic E-state index is -1.06. The van der Waals surface area contributed by atoms with Crippen molar-refractivity contribution in [2.75, 3.05) is 77.1 Å². The van der Waals surface area contributed by atoms with E-state index in [1.54, 1.807) is 42.5 Å². The zero-order valence-corrected chi connectivity index (χ0v) is 37.6. The fourth-order valence-corrected chi connectivity index (χ4v) is 9.37. The first kappa shape index (κ1) is 44.3. The molecule has 2 aromatic heterocycles. The Morgan fingerprint density at radius 1 is 0.882 bits per heavy atom. The summed E-state index contributed by atoms with van der Waals surface area (Å²) in [5, 5.41) is 9.93. The highest BCUT2D eigenvalue weighted by atomic mass is 16.5. The lowest BCUT2D eigenvalue weighted by molar-refractivity contribution is -0.136. The number of carbonyl (C=O) groups is 6. The van der Waals surface area contributed by atoms with E-state index in [1.807, 2.05) is 41.2 Å². The number of likely N-dealkylation sites (tertiary alicyclic amines) is 1. The van der Waals surface area contributed by atoms with Gasteiger partial charge in [0, 0.05) is 69.2 Å². The molecule has 5 aromatic rings. The van der Waals surface area contributed by atoms with Crippen LogP contribution in [0.15, 0.2) is 91.4 Å². The quantitative estimate of drug-likeness (QED) is 0.128. The number of nitrogens with zero attached hydrogens (tertiary/aromatic N) is 8. The molecular weight excluding hydrogens is 871 g/mol. The van der Waals surface area contributed by atoms with Crippen LogP contribution in [0.5, 0.6) is 11.5 Å². The van der Waals surface area contributed by atoms with E-state index in [9.17, 15) is 28.8 Å². The molecular formula is C49H53N11O8. The Bertz CT molecular complexity index is 2770. The van der Waals surface area contributed by atoms with Gasteiger partial charge < -0.3 is 30.3 Å². The Balaban J connectivity index is 0.737. The Kier molecular flexibility index (Phi) is 13.1. The van der Waals surface area contributed by atoms with Crippen molar-refractivity contribution >= 4 is 46.9 Å². The molecule has 2 atom stereocenters. The number of anilines is 2. The molecule has 1 unspecified atom stereocenters. The normalized spacial score (nSPS) is 18.8. The number of ether oxygens (including phenoxy) is 2. The van der Waals surface area contributed by atoms with Crippen LogP contribution >= 0.6 is 0 Å². The number of piperidine rings is 2. The van der Waals surface area contributed by atoms with Gasteiger partial charge in [0.15, 0.2) is 6.61 Å². The molecule has 4 N–H and O–H groups in total. The van der Waals surface area contributed by atoms with E-state index in [1.165, 1.54) is 18.2 Å². The number of hydrogen-bond acceptors (Lipinski definition) is 14. The molecule has 68 heavy (non-hydrogen) atoms. The third kappa shape index (κ3) is 9.94. The van der Waals surface area contributed by atoms with E-state index >= 15 is 0 Å². The molecule has 9 rings (SSSR count). The number of imide groups is 2. The van der Waals surface area contributed by atoms with E-state index in [4.69, 9.17) is 21.7 Å². The molecule has 3 aromatic carbocycles. The van der Waals surface area contributed by atoms with Gasteiger partial charge in [0.05, 0.1) is 49.4 Å². The lowest BCUT2D eigenvalue weighted by Crippen LogP contribution is -2.54. The topological polar surface area (TPSA) is 228 Å². The van der Waals surface area contributed by atoms with E-state index in [-0.39, 0.29) is 66.2 Å². The average Bonchev–Trinajstić information content (AvgIpc) is 3.95. The van der Waals surface area contributed by atoms with Crippen LogP contribution in [0.3, 0.4) is 0 Å². The smallest absolute Gasteiger partial charge is 0.262 e. The maximum Gasteiger partial charge on any atom is 0.262 e. The predicted octanol–water partition coefficient (Wildman–Crippen LogP) is 3.35. The number of benzene rings is 3. The van der Waals surface area contributed by atoms with Gasteiger partial charge in [0.25, 0.3) is 17.7 Å². The second-order valence-electron chi connectivity index (χ2n) is 17.3. The summed E-state index contributed by atoms with van der Waals surface area (Å²) >= 11 is 0. The Hall–Kier alpha value is -7.51. The molecule has 352 valence electrons. The van der Waals surface area contributed by atoms with E-state index < -0.39 is 35.6 Å². The average molecular weight is 925 g/mol. The maximum absolute atomic E-state index is 14.1. The number of carbonyl (C=O) groups excluding carboxylic acids is 6. The van der Waals surface area contributed by atoms with Gasteiger partial charge in [0.1, 0.15) is 29.3 Å². The Morgan fingerprint density at radius 3 is 2.38 bits per heavy atom. The summed E-state index contributed by atoms with van der Waals surface area (Å²) in [4.78, 5) is 94.1. The molecule has 3 saturated heterocycles. The van der Waals surface area contributed by atoms with Crippen LogP contribution in [0.4, 0.5) is 11.5 Å². The van der Waals surface area contributed by atoms with Crippen LogP contribution in [0.1, 0.15) is 77.4 Å². The fraction of sp³-hybridized carbons (Fsp3) is 0.367. The van der Waals surface area contributed by atoms with Crippen molar-refractivity contribution in [3.05, 3.63) is 114 Å². The summed E-state index contributed by atoms with van der Waals surface area (Å²) in [6.45, 7) is 6.03. The number of amides is 6. The minimum absolute atomic E-state index is 0.0313. The third-order valence-electron chi connectivity index (χ3n) is 13.0. The van der Waals surface area contributed by atoms with Gasteiger partial charge in [-0.15, -0.1) is 0 Å². The first-order valence-corrected chi connectivity index (χ1v) is 22.8. The van der Waals surface area contributed by atoms with Crippen molar-refractivity contribution in [2.45, 2.75) is 50.1 Å². The summed E-state index contributed by atoms with van der Waals surface area (Å²) in [5.41, 5.74) is 8.97. The highest BCUT2D eigenvalue weighted by Gasteiger charge is 2.45. The first-order chi connectivity index (χ1) is 33.4. The summed E-state index contributed by atoms with van der Waals surface area (Å²) in [5.74, 6) is -3.02. The third-order valence-corrected chi connectivity index (χ3v) is 13.0. The zero-order valence-electron chi connectivity index (χ0n) is 38.6. The van der Waals surface area contributed by atoms with Crippen molar-refractivity contribution in [2.24, 2.45) is 0 Å². The second-order valence-corrected chi connectivity index (χ2v) is 17.3. The van der Waals surface area contributed by atoms with Crippen molar-refractivity contribution in [3.8, 4) is 22.8 Å². The Labute approximate surface area is 394 Å². The molecule has 19 heteroatoms.